The SMILES string of the molecule is CC1CN(C(=O)c2c(F)ccc([N+](=O)[O-])c2F)CCC1Cl. The number of nitro groups is 1. The quantitative estimate of drug-likeness (QED) is 0.478. The summed E-state index contributed by atoms with van der Waals surface area (Å²) in [5, 5.41) is 10.6. The van der Waals surface area contributed by atoms with Crippen LogP contribution >= 0.6 is 11.6 Å². The van der Waals surface area contributed by atoms with Crippen molar-refractivity contribution >= 4 is 23.2 Å². The van der Waals surface area contributed by atoms with Gasteiger partial charge in [-0.15, -0.1) is 11.6 Å². The number of hydrogen-bond acceptors (Lipinski definition) is 3. The second kappa shape index (κ2) is 5.93. The molecule has 0 bridgehead atoms. The topological polar surface area (TPSA) is 63.5 Å². The predicted octanol–water partition coefficient (Wildman–Crippen LogP) is 2.96. The maximum atomic E-state index is 14.0. The van der Waals surface area contributed by atoms with Crippen LogP contribution in [0, 0.1) is 27.7 Å². The van der Waals surface area contributed by atoms with Gasteiger partial charge in [0, 0.05) is 24.5 Å². The summed E-state index contributed by atoms with van der Waals surface area (Å²) in [6.07, 6.45) is 0.507. The predicted molar refractivity (Wildman–Crippen MR) is 72.3 cm³/mol. The lowest BCUT2D eigenvalue weighted by Gasteiger charge is -2.34. The van der Waals surface area contributed by atoms with E-state index in [0.717, 1.165) is 6.07 Å². The molecular weight excluding hydrogens is 306 g/mol. The average Bonchev–Trinajstić information content (AvgIpc) is 2.41. The molecule has 1 aromatic carbocycles. The van der Waals surface area contributed by atoms with Gasteiger partial charge in [0.15, 0.2) is 0 Å². The molecule has 2 unspecified atom stereocenters. The van der Waals surface area contributed by atoms with E-state index in [0.29, 0.717) is 12.5 Å². The molecule has 1 heterocycles. The van der Waals surface area contributed by atoms with Gasteiger partial charge in [-0.1, -0.05) is 6.92 Å². The first kappa shape index (κ1) is 15.6. The van der Waals surface area contributed by atoms with E-state index in [1.165, 1.54) is 4.90 Å². The van der Waals surface area contributed by atoms with Crippen molar-refractivity contribution in [2.24, 2.45) is 5.92 Å². The van der Waals surface area contributed by atoms with Gasteiger partial charge in [-0.2, -0.15) is 4.39 Å². The van der Waals surface area contributed by atoms with Gasteiger partial charge < -0.3 is 4.90 Å². The minimum atomic E-state index is -1.44. The third kappa shape index (κ3) is 2.97. The highest BCUT2D eigenvalue weighted by Crippen LogP contribution is 2.27. The Kier molecular flexibility index (Phi) is 4.41. The molecule has 1 saturated heterocycles. The number of amides is 1. The number of hydrogen-bond donors (Lipinski definition) is 0. The van der Waals surface area contributed by atoms with Crippen LogP contribution in [-0.2, 0) is 0 Å². The Morgan fingerprint density at radius 2 is 2.14 bits per heavy atom. The lowest BCUT2D eigenvalue weighted by atomic mass is 9.98. The third-order valence-corrected chi connectivity index (χ3v) is 4.22. The van der Waals surface area contributed by atoms with Crippen LogP contribution in [0.3, 0.4) is 0 Å². The van der Waals surface area contributed by atoms with E-state index in [2.05, 4.69) is 0 Å². The lowest BCUT2D eigenvalue weighted by Crippen LogP contribution is -2.44. The Bertz CT molecular complexity index is 597. The monoisotopic (exact) mass is 318 g/mol. The van der Waals surface area contributed by atoms with Crippen LogP contribution in [0.2, 0.25) is 0 Å². The van der Waals surface area contributed by atoms with Crippen molar-refractivity contribution in [3.05, 3.63) is 39.4 Å². The smallest absolute Gasteiger partial charge is 0.305 e. The van der Waals surface area contributed by atoms with E-state index in [9.17, 15) is 23.7 Å². The first-order valence-electron chi connectivity index (χ1n) is 6.38. The van der Waals surface area contributed by atoms with Crippen molar-refractivity contribution in [3.63, 3.8) is 0 Å². The summed E-state index contributed by atoms with van der Waals surface area (Å²) in [7, 11) is 0. The molecule has 1 amide bonds. The molecule has 0 radical (unpaired) electrons. The van der Waals surface area contributed by atoms with Crippen molar-refractivity contribution in [3.8, 4) is 0 Å². The molecule has 0 aliphatic carbocycles. The van der Waals surface area contributed by atoms with Gasteiger partial charge in [-0.3, -0.25) is 14.9 Å². The molecule has 0 spiro atoms. The van der Waals surface area contributed by atoms with Crippen LogP contribution in [0.1, 0.15) is 23.7 Å². The molecule has 1 aromatic rings. The molecular formula is C13H13ClF2N2O3. The van der Waals surface area contributed by atoms with E-state index in [1.807, 2.05) is 6.92 Å². The molecule has 114 valence electrons. The maximum Gasteiger partial charge on any atom is 0.305 e. The number of nitro benzene ring substituents is 1. The molecule has 0 saturated carbocycles. The summed E-state index contributed by atoms with van der Waals surface area (Å²) >= 11 is 6.04. The fraction of sp³-hybridized carbons (Fsp3) is 0.462. The number of nitrogens with zero attached hydrogens (tertiary/aromatic N) is 2. The number of alkyl halides is 1. The zero-order valence-electron chi connectivity index (χ0n) is 11.2. The summed E-state index contributed by atoms with van der Waals surface area (Å²) in [5.41, 5.74) is -1.80. The zero-order valence-corrected chi connectivity index (χ0v) is 11.9. The normalized spacial score (nSPS) is 22.2. The van der Waals surface area contributed by atoms with Crippen molar-refractivity contribution in [2.45, 2.75) is 18.7 Å². The first-order valence-corrected chi connectivity index (χ1v) is 6.82. The minimum absolute atomic E-state index is 0.0193. The summed E-state index contributed by atoms with van der Waals surface area (Å²) in [4.78, 5) is 23.2. The fourth-order valence-corrected chi connectivity index (χ4v) is 2.52. The minimum Gasteiger partial charge on any atom is -0.338 e. The zero-order chi connectivity index (χ0) is 15.7. The van der Waals surface area contributed by atoms with Gasteiger partial charge in [0.05, 0.1) is 4.92 Å². The molecule has 21 heavy (non-hydrogen) atoms. The van der Waals surface area contributed by atoms with Gasteiger partial charge in [0.25, 0.3) is 5.91 Å². The summed E-state index contributed by atoms with van der Waals surface area (Å²) in [6.45, 7) is 2.35. The Morgan fingerprint density at radius 1 is 1.48 bits per heavy atom. The van der Waals surface area contributed by atoms with Crippen LogP contribution in [0.5, 0.6) is 0 Å². The van der Waals surface area contributed by atoms with E-state index >= 15 is 0 Å². The average molecular weight is 319 g/mol. The van der Waals surface area contributed by atoms with Crippen LogP contribution in [0.15, 0.2) is 12.1 Å². The van der Waals surface area contributed by atoms with Crippen molar-refractivity contribution in [2.75, 3.05) is 13.1 Å². The van der Waals surface area contributed by atoms with Gasteiger partial charge in [0.2, 0.25) is 5.82 Å². The molecule has 1 fully saturated rings. The van der Waals surface area contributed by atoms with E-state index in [-0.39, 0.29) is 24.4 Å². The number of piperidine rings is 1. The molecule has 0 N–H and O–H groups in total. The van der Waals surface area contributed by atoms with Crippen molar-refractivity contribution in [1.82, 2.24) is 4.90 Å². The van der Waals surface area contributed by atoms with Crippen LogP contribution in [0.25, 0.3) is 0 Å². The number of likely N-dealkylation sites (tertiary alicyclic amines) is 1. The summed E-state index contributed by atoms with van der Waals surface area (Å²) < 4.78 is 27.7. The molecule has 2 atom stereocenters. The highest BCUT2D eigenvalue weighted by molar-refractivity contribution is 6.20. The number of benzene rings is 1. The van der Waals surface area contributed by atoms with Gasteiger partial charge >= 0.3 is 5.69 Å². The summed E-state index contributed by atoms with van der Waals surface area (Å²) in [5.74, 6) is -3.45. The Labute approximate surface area is 124 Å². The molecule has 1 aliphatic rings. The fourth-order valence-electron chi connectivity index (χ4n) is 2.34. The van der Waals surface area contributed by atoms with Crippen molar-refractivity contribution in [1.29, 1.82) is 0 Å². The number of carbonyl (C=O) groups excluding carboxylic acids is 1. The standard InChI is InChI=1S/C13H13ClF2N2O3/c1-7-6-17(5-4-8(7)14)13(19)11-9(15)2-3-10(12(11)16)18(20)21/h2-3,7-8H,4-6H2,1H3. The maximum absolute atomic E-state index is 14.0. The van der Waals surface area contributed by atoms with Gasteiger partial charge in [-0.05, 0) is 18.4 Å². The molecule has 0 aromatic heterocycles. The molecule has 1 aliphatic heterocycles. The van der Waals surface area contributed by atoms with Gasteiger partial charge in [0.1, 0.15) is 11.4 Å². The van der Waals surface area contributed by atoms with Crippen LogP contribution in [-0.4, -0.2) is 34.2 Å². The van der Waals surface area contributed by atoms with Gasteiger partial charge in [-0.25, -0.2) is 4.39 Å². The number of carbonyl (C=O) groups is 1. The second-order valence-corrected chi connectivity index (χ2v) is 5.61. The third-order valence-electron chi connectivity index (χ3n) is 3.57. The molecule has 2 rings (SSSR count). The van der Waals surface area contributed by atoms with E-state index in [4.69, 9.17) is 11.6 Å². The second-order valence-electron chi connectivity index (χ2n) is 5.05. The van der Waals surface area contributed by atoms with E-state index < -0.39 is 33.7 Å². The first-order chi connectivity index (χ1) is 9.82. The Hall–Kier alpha value is -1.76. The lowest BCUT2D eigenvalue weighted by molar-refractivity contribution is -0.387. The van der Waals surface area contributed by atoms with Crippen molar-refractivity contribution < 1.29 is 18.5 Å². The largest absolute Gasteiger partial charge is 0.338 e. The van der Waals surface area contributed by atoms with Crippen LogP contribution in [0.4, 0.5) is 14.5 Å². The van der Waals surface area contributed by atoms with Crippen LogP contribution < -0.4 is 0 Å². The van der Waals surface area contributed by atoms with E-state index in [1.54, 1.807) is 0 Å². The highest BCUT2D eigenvalue weighted by Gasteiger charge is 2.33. The number of halogens is 3. The molecule has 8 heteroatoms. The number of rotatable bonds is 2. The molecule has 5 nitrogen and oxygen atoms in total. The highest BCUT2D eigenvalue weighted by atomic mass is 35.5. The Morgan fingerprint density at radius 3 is 2.71 bits per heavy atom. The summed E-state index contributed by atoms with van der Waals surface area (Å²) in [6, 6.07) is 1.43. The Balaban J connectivity index is 2.35.